The summed E-state index contributed by atoms with van der Waals surface area (Å²) in [5.41, 5.74) is 0.958. The molecule has 0 radical (unpaired) electrons. The highest BCUT2D eigenvalue weighted by Crippen LogP contribution is 2.69. The highest BCUT2D eigenvalue weighted by molar-refractivity contribution is 14.1. The summed E-state index contributed by atoms with van der Waals surface area (Å²) in [5.74, 6) is 0.285. The van der Waals surface area contributed by atoms with Crippen LogP contribution >= 0.6 is 22.6 Å². The van der Waals surface area contributed by atoms with E-state index in [1.807, 2.05) is 30.3 Å². The van der Waals surface area contributed by atoms with Gasteiger partial charge < -0.3 is 14.4 Å². The normalized spacial score (nSPS) is 22.3. The van der Waals surface area contributed by atoms with Crippen molar-refractivity contribution in [2.45, 2.75) is 46.7 Å². The van der Waals surface area contributed by atoms with Gasteiger partial charge in [-0.25, -0.2) is 4.90 Å². The van der Waals surface area contributed by atoms with Gasteiger partial charge in [-0.1, -0.05) is 33.8 Å². The molecule has 5 rings (SSSR count). The van der Waals surface area contributed by atoms with Crippen LogP contribution in [0.15, 0.2) is 42.5 Å². The molecule has 0 bridgehead atoms. The Balaban J connectivity index is 1.48. The Morgan fingerprint density at radius 3 is 2.32 bits per heavy atom. The van der Waals surface area contributed by atoms with Crippen LogP contribution in [0.4, 0.5) is 5.69 Å². The molecule has 1 saturated heterocycles. The molecule has 2 heterocycles. The molecule has 2 fully saturated rings. The Morgan fingerprint density at radius 2 is 1.68 bits per heavy atom. The minimum atomic E-state index is -0.850. The van der Waals surface area contributed by atoms with Crippen LogP contribution in [-0.2, 0) is 20.9 Å². The lowest BCUT2D eigenvalue weighted by Gasteiger charge is -2.29. The van der Waals surface area contributed by atoms with E-state index in [-0.39, 0.29) is 54.2 Å². The standard InChI is InChI=1S/C26H27IN2O5/c1-25(2)22(26(25,3)4)24(32)28(13-15-5-10-19-20(11-15)34-14-33-19)18-12-21(30)29(23(18)31)17-8-6-16(27)7-9-17/h5-11,18,22H,12-14H2,1-4H3. The molecular weight excluding hydrogens is 547 g/mol. The monoisotopic (exact) mass is 574 g/mol. The molecule has 1 saturated carbocycles. The summed E-state index contributed by atoms with van der Waals surface area (Å²) in [5, 5.41) is 0. The van der Waals surface area contributed by atoms with Crippen LogP contribution in [0.1, 0.15) is 39.7 Å². The molecule has 3 amide bonds. The fraction of sp³-hybridized carbons (Fsp3) is 0.423. The SMILES string of the molecule is CC1(C)C(C(=O)N(Cc2ccc3c(c2)OCO3)C2CC(=O)N(c3ccc(I)cc3)C2=O)C1(C)C. The van der Waals surface area contributed by atoms with E-state index in [9.17, 15) is 14.4 Å². The van der Waals surface area contributed by atoms with Crippen LogP contribution in [0.3, 0.4) is 0 Å². The number of benzene rings is 2. The third kappa shape index (κ3) is 3.57. The highest BCUT2D eigenvalue weighted by Gasteiger charge is 2.69. The summed E-state index contributed by atoms with van der Waals surface area (Å²) in [7, 11) is 0. The van der Waals surface area contributed by atoms with Gasteiger partial charge in [0.25, 0.3) is 5.91 Å². The molecule has 1 atom stereocenters. The quantitative estimate of drug-likeness (QED) is 0.392. The summed E-state index contributed by atoms with van der Waals surface area (Å²) in [6.45, 7) is 8.68. The van der Waals surface area contributed by atoms with E-state index < -0.39 is 6.04 Å². The molecule has 2 aliphatic heterocycles. The molecule has 2 aromatic carbocycles. The van der Waals surface area contributed by atoms with Crippen LogP contribution in [0.2, 0.25) is 0 Å². The third-order valence-electron chi connectivity index (χ3n) is 7.92. The number of amides is 3. The Bertz CT molecular complexity index is 1180. The van der Waals surface area contributed by atoms with Gasteiger partial charge in [0.15, 0.2) is 11.5 Å². The summed E-state index contributed by atoms with van der Waals surface area (Å²) in [6.07, 6.45) is -0.0330. The number of carbonyl (C=O) groups excluding carboxylic acids is 3. The molecule has 0 N–H and O–H groups in total. The second-order valence-corrected chi connectivity index (χ2v) is 11.5. The van der Waals surface area contributed by atoms with E-state index in [1.165, 1.54) is 4.90 Å². The summed E-state index contributed by atoms with van der Waals surface area (Å²) in [6, 6.07) is 11.9. The fourth-order valence-electron chi connectivity index (χ4n) is 5.28. The Hall–Kier alpha value is -2.62. The maximum Gasteiger partial charge on any atom is 0.257 e. The van der Waals surface area contributed by atoms with Gasteiger partial charge in [0.2, 0.25) is 18.6 Å². The predicted octanol–water partition coefficient (Wildman–Crippen LogP) is 4.36. The molecule has 1 aliphatic carbocycles. The van der Waals surface area contributed by atoms with Gasteiger partial charge in [0.1, 0.15) is 6.04 Å². The molecule has 8 heteroatoms. The smallest absolute Gasteiger partial charge is 0.257 e. The van der Waals surface area contributed by atoms with Crippen LogP contribution in [-0.4, -0.2) is 35.5 Å². The molecular formula is C26H27IN2O5. The highest BCUT2D eigenvalue weighted by atomic mass is 127. The van der Waals surface area contributed by atoms with Crippen LogP contribution in [0, 0.1) is 20.3 Å². The van der Waals surface area contributed by atoms with Gasteiger partial charge in [-0.15, -0.1) is 0 Å². The first-order chi connectivity index (χ1) is 16.0. The van der Waals surface area contributed by atoms with Crippen molar-refractivity contribution >= 4 is 46.0 Å². The summed E-state index contributed by atoms with van der Waals surface area (Å²) >= 11 is 2.18. The van der Waals surface area contributed by atoms with Gasteiger partial charge >= 0.3 is 0 Å². The van der Waals surface area contributed by atoms with Crippen molar-refractivity contribution in [3.05, 3.63) is 51.6 Å². The third-order valence-corrected chi connectivity index (χ3v) is 8.64. The van der Waals surface area contributed by atoms with Gasteiger partial charge in [-0.05, 0) is 75.4 Å². The Morgan fingerprint density at radius 1 is 1.03 bits per heavy atom. The topological polar surface area (TPSA) is 76.2 Å². The molecule has 0 spiro atoms. The van der Waals surface area contributed by atoms with Crippen molar-refractivity contribution in [1.29, 1.82) is 0 Å². The molecule has 34 heavy (non-hydrogen) atoms. The minimum Gasteiger partial charge on any atom is -0.454 e. The van der Waals surface area contributed by atoms with Crippen molar-refractivity contribution in [3.8, 4) is 11.5 Å². The number of rotatable bonds is 5. The maximum absolute atomic E-state index is 13.9. The first-order valence-corrected chi connectivity index (χ1v) is 12.4. The number of nitrogens with zero attached hydrogens (tertiary/aromatic N) is 2. The maximum atomic E-state index is 13.9. The lowest BCUT2D eigenvalue weighted by atomic mass is 10.0. The molecule has 0 aromatic heterocycles. The zero-order valence-corrected chi connectivity index (χ0v) is 21.8. The number of imide groups is 1. The number of carbonyl (C=O) groups is 3. The Labute approximate surface area is 212 Å². The number of fused-ring (bicyclic) bond motifs is 1. The second-order valence-electron chi connectivity index (χ2n) is 10.3. The van der Waals surface area contributed by atoms with E-state index in [0.717, 1.165) is 9.13 Å². The van der Waals surface area contributed by atoms with Gasteiger partial charge in [-0.2, -0.15) is 0 Å². The number of hydrogen-bond donors (Lipinski definition) is 0. The zero-order chi connectivity index (χ0) is 24.4. The van der Waals surface area contributed by atoms with E-state index in [1.54, 1.807) is 17.0 Å². The average molecular weight is 574 g/mol. The molecule has 3 aliphatic rings. The van der Waals surface area contributed by atoms with Gasteiger partial charge in [-0.3, -0.25) is 14.4 Å². The number of ether oxygens (including phenoxy) is 2. The number of anilines is 1. The Kier molecular flexibility index (Phi) is 5.42. The van der Waals surface area contributed by atoms with Crippen molar-refractivity contribution in [2.75, 3.05) is 11.7 Å². The lowest BCUT2D eigenvalue weighted by molar-refractivity contribution is -0.141. The summed E-state index contributed by atoms with van der Waals surface area (Å²) < 4.78 is 11.9. The average Bonchev–Trinajstić information content (AvgIpc) is 3.15. The van der Waals surface area contributed by atoms with Crippen LogP contribution in [0.25, 0.3) is 0 Å². The van der Waals surface area contributed by atoms with E-state index >= 15 is 0 Å². The zero-order valence-electron chi connectivity index (χ0n) is 19.6. The molecule has 1 unspecified atom stereocenters. The van der Waals surface area contributed by atoms with E-state index in [0.29, 0.717) is 17.2 Å². The second kappa shape index (κ2) is 7.96. The molecule has 7 nitrogen and oxygen atoms in total. The van der Waals surface area contributed by atoms with Crippen molar-refractivity contribution < 1.29 is 23.9 Å². The fourth-order valence-corrected chi connectivity index (χ4v) is 5.64. The number of hydrogen-bond acceptors (Lipinski definition) is 5. The van der Waals surface area contributed by atoms with E-state index in [4.69, 9.17) is 9.47 Å². The lowest BCUT2D eigenvalue weighted by Crippen LogP contribution is -2.46. The molecule has 178 valence electrons. The van der Waals surface area contributed by atoms with Gasteiger partial charge in [0, 0.05) is 16.0 Å². The largest absolute Gasteiger partial charge is 0.454 e. The number of halogens is 1. The molecule has 2 aromatic rings. The van der Waals surface area contributed by atoms with E-state index in [2.05, 4.69) is 50.3 Å². The van der Waals surface area contributed by atoms with Crippen molar-refractivity contribution in [3.63, 3.8) is 0 Å². The first-order valence-electron chi connectivity index (χ1n) is 11.3. The van der Waals surface area contributed by atoms with Crippen molar-refractivity contribution in [1.82, 2.24) is 4.90 Å². The van der Waals surface area contributed by atoms with Crippen LogP contribution < -0.4 is 14.4 Å². The first kappa shape index (κ1) is 23.1. The van der Waals surface area contributed by atoms with Crippen molar-refractivity contribution in [2.24, 2.45) is 16.7 Å². The summed E-state index contributed by atoms with van der Waals surface area (Å²) in [4.78, 5) is 43.2. The predicted molar refractivity (Wildman–Crippen MR) is 134 cm³/mol. The van der Waals surface area contributed by atoms with Crippen LogP contribution in [0.5, 0.6) is 11.5 Å². The van der Waals surface area contributed by atoms with Gasteiger partial charge in [0.05, 0.1) is 12.1 Å². The minimum absolute atomic E-state index is 0.0330.